The Morgan fingerprint density at radius 2 is 2.00 bits per heavy atom. The van der Waals surface area contributed by atoms with Crippen LogP contribution in [0, 0.1) is 23.1 Å². The second-order valence-electron chi connectivity index (χ2n) is 5.41. The number of nitriles is 1. The zero-order valence-electron chi connectivity index (χ0n) is 13.8. The molecule has 0 bridgehead atoms. The van der Waals surface area contributed by atoms with Crippen LogP contribution in [0.25, 0.3) is 6.08 Å². The molecule has 1 aromatic carbocycles. The van der Waals surface area contributed by atoms with Gasteiger partial charge >= 0.3 is 0 Å². The number of hydrogen-bond acceptors (Lipinski definition) is 4. The first kappa shape index (κ1) is 19.5. The second-order valence-corrected chi connectivity index (χ2v) is 5.41. The van der Waals surface area contributed by atoms with E-state index in [-0.39, 0.29) is 11.9 Å². The number of halogens is 1. The van der Waals surface area contributed by atoms with Crippen LogP contribution in [0.2, 0.25) is 0 Å². The van der Waals surface area contributed by atoms with E-state index in [1.165, 1.54) is 30.3 Å². The van der Waals surface area contributed by atoms with Crippen LogP contribution in [0.5, 0.6) is 0 Å². The predicted molar refractivity (Wildman–Crippen MR) is 88.3 cm³/mol. The van der Waals surface area contributed by atoms with E-state index in [0.717, 1.165) is 6.08 Å². The van der Waals surface area contributed by atoms with Gasteiger partial charge in [0.05, 0.1) is 12.2 Å². The highest BCUT2D eigenvalue weighted by molar-refractivity contribution is 6.10. The molecule has 0 aliphatic rings. The number of nitrogens with one attached hydrogen (secondary N) is 1. The van der Waals surface area contributed by atoms with Gasteiger partial charge in [-0.1, -0.05) is 18.2 Å². The van der Waals surface area contributed by atoms with Gasteiger partial charge in [0.2, 0.25) is 5.91 Å². The fourth-order valence-corrected chi connectivity index (χ4v) is 1.80. The van der Waals surface area contributed by atoms with Crippen molar-refractivity contribution in [2.75, 3.05) is 13.2 Å². The molecule has 1 rings (SSSR count). The highest BCUT2D eigenvalue weighted by Crippen LogP contribution is 2.07. The molecule has 0 aromatic heterocycles. The molecule has 128 valence electrons. The van der Waals surface area contributed by atoms with Crippen LogP contribution in [-0.2, 0) is 14.3 Å². The Morgan fingerprint density at radius 3 is 2.58 bits per heavy atom. The zero-order valence-corrected chi connectivity index (χ0v) is 13.8. The number of benzene rings is 1. The monoisotopic (exact) mass is 332 g/mol. The van der Waals surface area contributed by atoms with Gasteiger partial charge in [-0.2, -0.15) is 5.26 Å². The number of amides is 1. The van der Waals surface area contributed by atoms with Crippen molar-refractivity contribution in [3.8, 4) is 6.07 Å². The lowest BCUT2D eigenvalue weighted by atomic mass is 10.0. The summed E-state index contributed by atoms with van der Waals surface area (Å²) in [5, 5.41) is 11.6. The number of rotatable bonds is 9. The summed E-state index contributed by atoms with van der Waals surface area (Å²) in [6.45, 7) is 4.65. The Hall–Kier alpha value is -2.52. The standard InChI is InChI=1S/C18H21FN2O3/c1-13(2)24-11-3-10-21-18(23)16(12-20)17(22)9-6-14-4-7-15(19)8-5-14/h4-9,13,16H,3,10-11H2,1-2H3,(H,21,23)/b9-6+. The smallest absolute Gasteiger partial charge is 0.245 e. The van der Waals surface area contributed by atoms with Crippen molar-refractivity contribution in [1.29, 1.82) is 5.26 Å². The summed E-state index contributed by atoms with van der Waals surface area (Å²) < 4.78 is 18.1. The zero-order chi connectivity index (χ0) is 17.9. The van der Waals surface area contributed by atoms with E-state index in [2.05, 4.69) is 5.32 Å². The molecule has 0 radical (unpaired) electrons. The minimum Gasteiger partial charge on any atom is -0.379 e. The number of ketones is 1. The van der Waals surface area contributed by atoms with Crippen LogP contribution < -0.4 is 5.32 Å². The van der Waals surface area contributed by atoms with Gasteiger partial charge in [0.25, 0.3) is 0 Å². The van der Waals surface area contributed by atoms with Gasteiger partial charge in [0.15, 0.2) is 11.7 Å². The first-order valence-corrected chi connectivity index (χ1v) is 7.70. The molecule has 1 unspecified atom stereocenters. The SMILES string of the molecule is CC(C)OCCCNC(=O)C(C#N)C(=O)/C=C/c1ccc(F)cc1. The van der Waals surface area contributed by atoms with Crippen molar-refractivity contribution in [2.24, 2.45) is 5.92 Å². The summed E-state index contributed by atoms with van der Waals surface area (Å²) in [7, 11) is 0. The maximum Gasteiger partial charge on any atom is 0.245 e. The maximum absolute atomic E-state index is 12.8. The molecule has 0 heterocycles. The van der Waals surface area contributed by atoms with Gasteiger partial charge in [-0.3, -0.25) is 9.59 Å². The number of carbonyl (C=O) groups excluding carboxylic acids is 2. The molecule has 0 aliphatic heterocycles. The molecule has 0 saturated heterocycles. The van der Waals surface area contributed by atoms with Crippen molar-refractivity contribution < 1.29 is 18.7 Å². The second kappa shape index (κ2) is 10.3. The largest absolute Gasteiger partial charge is 0.379 e. The number of carbonyl (C=O) groups is 2. The quantitative estimate of drug-likeness (QED) is 0.428. The minimum atomic E-state index is -1.40. The Labute approximate surface area is 141 Å². The summed E-state index contributed by atoms with van der Waals surface area (Å²) in [5.41, 5.74) is 0.604. The topological polar surface area (TPSA) is 79.2 Å². The maximum atomic E-state index is 12.8. The number of hydrogen-bond donors (Lipinski definition) is 1. The molecule has 6 heteroatoms. The van der Waals surface area contributed by atoms with Crippen molar-refractivity contribution in [3.05, 3.63) is 41.7 Å². The van der Waals surface area contributed by atoms with Gasteiger partial charge in [-0.15, -0.1) is 0 Å². The van der Waals surface area contributed by atoms with Crippen LogP contribution in [0.15, 0.2) is 30.3 Å². The molecular weight excluding hydrogens is 311 g/mol. The normalized spacial score (nSPS) is 12.1. The Morgan fingerprint density at radius 1 is 1.33 bits per heavy atom. The molecule has 1 aromatic rings. The summed E-state index contributed by atoms with van der Waals surface area (Å²) in [6.07, 6.45) is 3.31. The van der Waals surface area contributed by atoms with Gasteiger partial charge in [0, 0.05) is 13.2 Å². The van der Waals surface area contributed by atoms with Crippen LogP contribution in [-0.4, -0.2) is 30.9 Å². The number of nitrogens with zero attached hydrogens (tertiary/aromatic N) is 1. The Bertz CT molecular complexity index is 618. The van der Waals surface area contributed by atoms with Crippen LogP contribution in [0.1, 0.15) is 25.8 Å². The van der Waals surface area contributed by atoms with E-state index >= 15 is 0 Å². The molecule has 0 aliphatic carbocycles. The van der Waals surface area contributed by atoms with E-state index in [0.29, 0.717) is 25.1 Å². The first-order chi connectivity index (χ1) is 11.4. The molecule has 0 spiro atoms. The summed E-state index contributed by atoms with van der Waals surface area (Å²) in [6, 6.07) is 7.22. The first-order valence-electron chi connectivity index (χ1n) is 7.70. The van der Waals surface area contributed by atoms with E-state index < -0.39 is 17.6 Å². The van der Waals surface area contributed by atoms with Crippen LogP contribution in [0.3, 0.4) is 0 Å². The Balaban J connectivity index is 2.49. The van der Waals surface area contributed by atoms with Crippen LogP contribution in [0.4, 0.5) is 4.39 Å². The third kappa shape index (κ3) is 7.16. The lowest BCUT2D eigenvalue weighted by molar-refractivity contribution is -0.129. The van der Waals surface area contributed by atoms with Crippen LogP contribution >= 0.6 is 0 Å². The Kier molecular flexibility index (Phi) is 8.37. The summed E-state index contributed by atoms with van der Waals surface area (Å²) in [4.78, 5) is 23.9. The molecule has 0 fully saturated rings. The van der Waals surface area contributed by atoms with E-state index in [4.69, 9.17) is 10.00 Å². The third-order valence-corrected chi connectivity index (χ3v) is 3.06. The summed E-state index contributed by atoms with van der Waals surface area (Å²) in [5.74, 6) is -3.02. The molecule has 1 N–H and O–H groups in total. The number of ether oxygens (including phenoxy) is 1. The highest BCUT2D eigenvalue weighted by atomic mass is 19.1. The third-order valence-electron chi connectivity index (χ3n) is 3.06. The van der Waals surface area contributed by atoms with Gasteiger partial charge in [-0.05, 0) is 44.0 Å². The lowest BCUT2D eigenvalue weighted by Gasteiger charge is -2.09. The van der Waals surface area contributed by atoms with Gasteiger partial charge in [-0.25, -0.2) is 4.39 Å². The van der Waals surface area contributed by atoms with Crippen molar-refractivity contribution in [2.45, 2.75) is 26.4 Å². The average Bonchev–Trinajstić information content (AvgIpc) is 2.54. The summed E-state index contributed by atoms with van der Waals surface area (Å²) >= 11 is 0. The molecular formula is C18H21FN2O3. The van der Waals surface area contributed by atoms with E-state index in [1.54, 1.807) is 6.07 Å². The molecule has 5 nitrogen and oxygen atoms in total. The molecule has 1 atom stereocenters. The van der Waals surface area contributed by atoms with Crippen molar-refractivity contribution >= 4 is 17.8 Å². The van der Waals surface area contributed by atoms with Gasteiger partial charge < -0.3 is 10.1 Å². The minimum absolute atomic E-state index is 0.116. The molecule has 0 saturated carbocycles. The molecule has 24 heavy (non-hydrogen) atoms. The van der Waals surface area contributed by atoms with E-state index in [9.17, 15) is 14.0 Å². The van der Waals surface area contributed by atoms with Crippen molar-refractivity contribution in [3.63, 3.8) is 0 Å². The highest BCUT2D eigenvalue weighted by Gasteiger charge is 2.23. The van der Waals surface area contributed by atoms with Crippen molar-refractivity contribution in [1.82, 2.24) is 5.32 Å². The predicted octanol–water partition coefficient (Wildman–Crippen LogP) is 2.48. The average molecular weight is 332 g/mol. The fraction of sp³-hybridized carbons (Fsp3) is 0.389. The van der Waals surface area contributed by atoms with E-state index in [1.807, 2.05) is 13.8 Å². The lowest BCUT2D eigenvalue weighted by Crippen LogP contribution is -2.35. The molecule has 1 amide bonds. The number of allylic oxidation sites excluding steroid dienone is 1. The van der Waals surface area contributed by atoms with Gasteiger partial charge in [0.1, 0.15) is 5.82 Å². The fourth-order valence-electron chi connectivity index (χ4n) is 1.80.